The van der Waals surface area contributed by atoms with E-state index in [1.807, 2.05) is 42.5 Å². The number of aliphatic hydroxyl groups excluding tert-OH is 1. The molecule has 1 amide bonds. The van der Waals surface area contributed by atoms with Gasteiger partial charge in [-0.15, -0.1) is 0 Å². The van der Waals surface area contributed by atoms with Gasteiger partial charge in [0.25, 0.3) is 0 Å². The number of hydrogen-bond donors (Lipinski definition) is 3. The summed E-state index contributed by atoms with van der Waals surface area (Å²) in [4.78, 5) is 25.3. The number of rotatable bonds is 8. The van der Waals surface area contributed by atoms with Crippen molar-refractivity contribution in [2.45, 2.75) is 0 Å². The Kier molecular flexibility index (Phi) is 6.14. The van der Waals surface area contributed by atoms with E-state index in [9.17, 15) is 4.79 Å². The lowest BCUT2D eigenvalue weighted by Crippen LogP contribution is -2.23. The first-order valence-corrected chi connectivity index (χ1v) is 10.1. The van der Waals surface area contributed by atoms with E-state index in [0.29, 0.717) is 29.5 Å². The van der Waals surface area contributed by atoms with E-state index in [4.69, 9.17) is 9.84 Å². The van der Waals surface area contributed by atoms with Crippen LogP contribution in [-0.4, -0.2) is 46.2 Å². The van der Waals surface area contributed by atoms with Crippen molar-refractivity contribution < 1.29 is 14.6 Å². The summed E-state index contributed by atoms with van der Waals surface area (Å²) in [7, 11) is 1.68. The predicted octanol–water partition coefficient (Wildman–Crippen LogP) is 3.97. The second kappa shape index (κ2) is 9.32. The number of aromatic nitrogens is 3. The Morgan fingerprint density at radius 1 is 1.22 bits per heavy atom. The summed E-state index contributed by atoms with van der Waals surface area (Å²) >= 11 is 0. The molecule has 0 fully saturated rings. The predicted molar refractivity (Wildman–Crippen MR) is 125 cm³/mol. The lowest BCUT2D eigenvalue weighted by molar-refractivity contribution is -0.113. The number of benzene rings is 2. The van der Waals surface area contributed by atoms with Gasteiger partial charge in [0.15, 0.2) is 0 Å². The third kappa shape index (κ3) is 4.45. The van der Waals surface area contributed by atoms with E-state index in [-0.39, 0.29) is 12.5 Å². The first-order chi connectivity index (χ1) is 15.6. The maximum absolute atomic E-state index is 11.9. The minimum absolute atomic E-state index is 0.0783. The van der Waals surface area contributed by atoms with Gasteiger partial charge in [-0.2, -0.15) is 0 Å². The molecule has 0 aliphatic rings. The molecule has 0 saturated heterocycles. The van der Waals surface area contributed by atoms with E-state index in [1.54, 1.807) is 19.2 Å². The number of aromatic amines is 1. The van der Waals surface area contributed by atoms with Crippen molar-refractivity contribution in [3.05, 3.63) is 73.6 Å². The number of H-pyrrole nitrogens is 1. The van der Waals surface area contributed by atoms with Crippen molar-refractivity contribution in [1.29, 1.82) is 0 Å². The van der Waals surface area contributed by atoms with Crippen LogP contribution >= 0.6 is 0 Å². The molecule has 2 aromatic carbocycles. The van der Waals surface area contributed by atoms with Crippen LogP contribution in [0.3, 0.4) is 0 Å². The number of anilines is 2. The van der Waals surface area contributed by atoms with Crippen molar-refractivity contribution in [2.75, 3.05) is 30.4 Å². The molecule has 0 bridgehead atoms. The average molecular weight is 429 g/mol. The monoisotopic (exact) mass is 429 g/mol. The van der Waals surface area contributed by atoms with Crippen LogP contribution in [0.15, 0.2) is 73.6 Å². The van der Waals surface area contributed by atoms with E-state index < -0.39 is 0 Å². The van der Waals surface area contributed by atoms with Crippen molar-refractivity contribution in [3.8, 4) is 22.9 Å². The van der Waals surface area contributed by atoms with Gasteiger partial charge in [0, 0.05) is 36.7 Å². The second-order valence-corrected chi connectivity index (χ2v) is 7.05. The molecular formula is C24H23N5O3. The Balaban J connectivity index is 1.60. The van der Waals surface area contributed by atoms with Gasteiger partial charge in [-0.1, -0.05) is 24.8 Å². The summed E-state index contributed by atoms with van der Waals surface area (Å²) in [5.41, 5.74) is 4.13. The number of hydrogen-bond acceptors (Lipinski definition) is 6. The van der Waals surface area contributed by atoms with Gasteiger partial charge in [0.1, 0.15) is 17.7 Å². The number of carbonyl (C=O) groups is 1. The van der Waals surface area contributed by atoms with Crippen molar-refractivity contribution >= 4 is 28.3 Å². The van der Waals surface area contributed by atoms with Crippen LogP contribution in [0, 0.1) is 0 Å². The average Bonchev–Trinajstić information content (AvgIpc) is 3.28. The maximum atomic E-state index is 11.9. The number of nitrogens with zero attached hydrogens (tertiary/aromatic N) is 3. The first-order valence-electron chi connectivity index (χ1n) is 10.1. The highest BCUT2D eigenvalue weighted by molar-refractivity contribution is 6.00. The van der Waals surface area contributed by atoms with Crippen LogP contribution in [0.4, 0.5) is 11.4 Å². The quantitative estimate of drug-likeness (QED) is 0.366. The van der Waals surface area contributed by atoms with E-state index >= 15 is 0 Å². The molecule has 0 aliphatic carbocycles. The van der Waals surface area contributed by atoms with Crippen molar-refractivity contribution in [3.63, 3.8) is 0 Å². The van der Waals surface area contributed by atoms with Gasteiger partial charge in [-0.3, -0.25) is 4.79 Å². The molecule has 0 atom stereocenters. The summed E-state index contributed by atoms with van der Waals surface area (Å²) in [6.45, 7) is 4.10. The number of carbonyl (C=O) groups excluding carboxylic acids is 1. The number of nitrogens with one attached hydrogen (secondary N) is 2. The summed E-state index contributed by atoms with van der Waals surface area (Å²) in [6, 6.07) is 17.0. The van der Waals surface area contributed by atoms with Crippen LogP contribution in [-0.2, 0) is 4.79 Å². The Morgan fingerprint density at radius 3 is 2.78 bits per heavy atom. The highest BCUT2D eigenvalue weighted by Crippen LogP contribution is 2.32. The summed E-state index contributed by atoms with van der Waals surface area (Å²) < 4.78 is 6.04. The van der Waals surface area contributed by atoms with Crippen LogP contribution in [0.25, 0.3) is 22.3 Å². The fraction of sp³-hybridized carbons (Fsp3) is 0.125. The molecular weight excluding hydrogens is 406 g/mol. The Bertz CT molecular complexity index is 1250. The highest BCUT2D eigenvalue weighted by atomic mass is 16.5. The molecule has 2 aromatic heterocycles. The van der Waals surface area contributed by atoms with Gasteiger partial charge in [0.05, 0.1) is 12.0 Å². The third-order valence-electron chi connectivity index (χ3n) is 4.95. The zero-order valence-corrected chi connectivity index (χ0v) is 17.6. The normalized spacial score (nSPS) is 10.7. The standard InChI is InChI=1S/C24H23N5O3/c1-3-22(31)29(2)18-5-4-6-19(13-18)32-24-20-14-21(28-23(20)26-15-27-24)16-7-9-17(10-8-16)25-11-12-30/h3-10,13-15,25,30H,1,11-12H2,2H3,(H,26,27,28). The van der Waals surface area contributed by atoms with Crippen LogP contribution < -0.4 is 15.0 Å². The van der Waals surface area contributed by atoms with Crippen LogP contribution in [0.1, 0.15) is 0 Å². The van der Waals surface area contributed by atoms with Gasteiger partial charge in [0.2, 0.25) is 11.8 Å². The lowest BCUT2D eigenvalue weighted by Gasteiger charge is -2.16. The first kappa shape index (κ1) is 21.1. The molecule has 2 heterocycles. The van der Waals surface area contributed by atoms with Gasteiger partial charge in [-0.05, 0) is 42.0 Å². The molecule has 0 radical (unpaired) electrons. The summed E-state index contributed by atoms with van der Waals surface area (Å²) in [5, 5.41) is 12.8. The smallest absolute Gasteiger partial charge is 0.250 e. The Labute approximate surface area is 185 Å². The Hall–Kier alpha value is -4.17. The number of fused-ring (bicyclic) bond motifs is 1. The van der Waals surface area contributed by atoms with Crippen LogP contribution in [0.5, 0.6) is 11.6 Å². The maximum Gasteiger partial charge on any atom is 0.250 e. The number of amides is 1. The number of likely N-dealkylation sites (N-methyl/N-ethyl adjacent to an activating group) is 1. The fourth-order valence-electron chi connectivity index (χ4n) is 3.25. The summed E-state index contributed by atoms with van der Waals surface area (Å²) in [6.07, 6.45) is 2.70. The Morgan fingerprint density at radius 2 is 2.03 bits per heavy atom. The third-order valence-corrected chi connectivity index (χ3v) is 4.95. The van der Waals surface area contributed by atoms with E-state index in [1.165, 1.54) is 17.3 Å². The van der Waals surface area contributed by atoms with Gasteiger partial charge < -0.3 is 25.0 Å². The minimum Gasteiger partial charge on any atom is -0.438 e. The molecule has 0 saturated carbocycles. The van der Waals surface area contributed by atoms with Crippen LogP contribution in [0.2, 0.25) is 0 Å². The number of aliphatic hydroxyl groups is 1. The van der Waals surface area contributed by atoms with Crippen molar-refractivity contribution in [1.82, 2.24) is 15.0 Å². The highest BCUT2D eigenvalue weighted by Gasteiger charge is 2.13. The molecule has 8 nitrogen and oxygen atoms in total. The summed E-state index contributed by atoms with van der Waals surface area (Å²) in [5.74, 6) is 0.751. The molecule has 8 heteroatoms. The largest absolute Gasteiger partial charge is 0.438 e. The van der Waals surface area contributed by atoms with Gasteiger partial charge in [-0.25, -0.2) is 9.97 Å². The molecule has 32 heavy (non-hydrogen) atoms. The second-order valence-electron chi connectivity index (χ2n) is 7.05. The van der Waals surface area contributed by atoms with Crippen molar-refractivity contribution in [2.24, 2.45) is 0 Å². The minimum atomic E-state index is -0.209. The molecule has 0 aliphatic heterocycles. The molecule has 3 N–H and O–H groups in total. The number of ether oxygens (including phenoxy) is 1. The topological polar surface area (TPSA) is 103 Å². The molecule has 0 unspecified atom stereocenters. The fourth-order valence-corrected chi connectivity index (χ4v) is 3.25. The zero-order valence-electron chi connectivity index (χ0n) is 17.6. The van der Waals surface area contributed by atoms with E-state index in [0.717, 1.165) is 22.3 Å². The molecule has 0 spiro atoms. The zero-order chi connectivity index (χ0) is 22.5. The lowest BCUT2D eigenvalue weighted by atomic mass is 10.1. The molecule has 4 rings (SSSR count). The molecule has 162 valence electrons. The van der Waals surface area contributed by atoms with Gasteiger partial charge >= 0.3 is 0 Å². The van der Waals surface area contributed by atoms with E-state index in [2.05, 4.69) is 26.8 Å². The molecule has 4 aromatic rings. The SMILES string of the molecule is C=CC(=O)N(C)c1cccc(Oc2ncnc3[nH]c(-c4ccc(NCCO)cc4)cc23)c1.